The predicted molar refractivity (Wildman–Crippen MR) is 112 cm³/mol. The van der Waals surface area contributed by atoms with Crippen LogP contribution in [0.25, 0.3) is 0 Å². The lowest BCUT2D eigenvalue weighted by Gasteiger charge is -2.37. The van der Waals surface area contributed by atoms with E-state index in [1.807, 2.05) is 0 Å². The molecule has 3 heterocycles. The minimum Gasteiger partial charge on any atom is -0.493 e. The van der Waals surface area contributed by atoms with Crippen LogP contribution in [0, 0.1) is 0 Å². The van der Waals surface area contributed by atoms with Crippen LogP contribution in [0.4, 0.5) is 0 Å². The zero-order valence-corrected chi connectivity index (χ0v) is 18.2. The molecule has 3 aliphatic rings. The maximum absolute atomic E-state index is 13.6. The van der Waals surface area contributed by atoms with Crippen molar-refractivity contribution in [2.75, 3.05) is 27.4 Å². The van der Waals surface area contributed by atoms with Gasteiger partial charge in [0, 0.05) is 23.6 Å². The molecule has 0 amide bonds. The van der Waals surface area contributed by atoms with E-state index in [1.165, 1.54) is 0 Å². The second-order valence-electron chi connectivity index (χ2n) is 8.22. The molecule has 5 rings (SSSR count). The Hall–Kier alpha value is -2.64. The zero-order valence-electron chi connectivity index (χ0n) is 17.4. The fraction of sp³-hybridized carbons (Fsp3) is 0.435. The number of fused-ring (bicyclic) bond motifs is 6. The molecular weight excluding hydrogens is 424 g/mol. The number of carbonyl (C=O) groups excluding carboxylic acids is 1. The molecule has 0 fully saturated rings. The number of aliphatic hydroxyl groups excluding tert-OH is 1. The third-order valence-electron chi connectivity index (χ3n) is 6.30. The number of ketones is 1. The molecule has 1 N–H and O–H groups in total. The number of halogens is 1. The first-order valence-electron chi connectivity index (χ1n) is 10.1. The zero-order chi connectivity index (χ0) is 21.9. The molecule has 7 nitrogen and oxygen atoms in total. The first-order valence-corrected chi connectivity index (χ1v) is 10.5. The average Bonchev–Trinajstić information content (AvgIpc) is 3.23. The number of Topliss-reactive ketones (excluding diaryl/α,β-unsaturated/α-hetero) is 1. The van der Waals surface area contributed by atoms with Crippen LogP contribution in [-0.4, -0.2) is 55.4 Å². The Bertz CT molecular complexity index is 1060. The number of carbonyl (C=O) groups is 1. The summed E-state index contributed by atoms with van der Waals surface area (Å²) in [5.74, 6) is 2.25. The number of aliphatic hydroxyl groups is 1. The highest BCUT2D eigenvalue weighted by atomic mass is 35.5. The van der Waals surface area contributed by atoms with Gasteiger partial charge in [0.1, 0.15) is 40.9 Å². The summed E-state index contributed by atoms with van der Waals surface area (Å²) < 4.78 is 29.0. The highest BCUT2D eigenvalue weighted by Crippen LogP contribution is 2.50. The maximum atomic E-state index is 13.6. The van der Waals surface area contributed by atoms with Crippen molar-refractivity contribution in [1.82, 2.24) is 0 Å². The van der Waals surface area contributed by atoms with Crippen molar-refractivity contribution in [3.8, 4) is 28.7 Å². The predicted octanol–water partition coefficient (Wildman–Crippen LogP) is 3.12. The molecule has 2 aromatic carbocycles. The van der Waals surface area contributed by atoms with E-state index in [0.717, 1.165) is 5.56 Å². The van der Waals surface area contributed by atoms with E-state index in [9.17, 15) is 9.90 Å². The molecule has 31 heavy (non-hydrogen) atoms. The second kappa shape index (κ2) is 7.21. The van der Waals surface area contributed by atoms with Crippen molar-refractivity contribution in [3.05, 3.63) is 41.0 Å². The lowest BCUT2D eigenvalue weighted by atomic mass is 9.81. The summed E-state index contributed by atoms with van der Waals surface area (Å²) in [5, 5.41) is 9.61. The van der Waals surface area contributed by atoms with Gasteiger partial charge in [-0.25, -0.2) is 0 Å². The van der Waals surface area contributed by atoms with E-state index in [4.69, 9.17) is 35.3 Å². The van der Waals surface area contributed by atoms with E-state index < -0.39 is 23.0 Å². The number of ether oxygens (including phenoxy) is 5. The van der Waals surface area contributed by atoms with Gasteiger partial charge in [0.25, 0.3) is 0 Å². The Kier molecular flexibility index (Phi) is 4.71. The van der Waals surface area contributed by atoms with Crippen LogP contribution in [0.5, 0.6) is 28.7 Å². The lowest BCUT2D eigenvalue weighted by molar-refractivity contribution is 0.0554. The summed E-state index contributed by atoms with van der Waals surface area (Å²) in [6, 6.07) is 7.03. The van der Waals surface area contributed by atoms with Crippen molar-refractivity contribution < 1.29 is 33.6 Å². The van der Waals surface area contributed by atoms with E-state index >= 15 is 0 Å². The molecule has 3 aliphatic heterocycles. The van der Waals surface area contributed by atoms with E-state index in [2.05, 4.69) is 0 Å². The Morgan fingerprint density at radius 1 is 1.16 bits per heavy atom. The molecule has 0 aromatic heterocycles. The SMILES string of the molecule is COc1cc2c(cc1OC)C1C(=O)c3ccc4c(c3OC1CO2)CC(C(C)(Cl)CO)O4. The normalized spacial score (nSPS) is 24.9. The Morgan fingerprint density at radius 3 is 2.61 bits per heavy atom. The summed E-state index contributed by atoms with van der Waals surface area (Å²) >= 11 is 6.42. The number of hydrogen-bond acceptors (Lipinski definition) is 7. The molecular formula is C23H23ClO7. The molecule has 2 aromatic rings. The van der Waals surface area contributed by atoms with E-state index in [1.54, 1.807) is 45.4 Å². The largest absolute Gasteiger partial charge is 0.493 e. The van der Waals surface area contributed by atoms with E-state index in [-0.39, 0.29) is 19.0 Å². The first-order chi connectivity index (χ1) is 14.9. The van der Waals surface area contributed by atoms with Crippen molar-refractivity contribution >= 4 is 17.4 Å². The van der Waals surface area contributed by atoms with Crippen LogP contribution in [0.3, 0.4) is 0 Å². The number of benzene rings is 2. The Labute approximate surface area is 184 Å². The highest BCUT2D eigenvalue weighted by Gasteiger charge is 2.47. The number of alkyl halides is 1. The standard InChI is InChI=1S/C23H23ClO7/c1-23(24,10-25)19-7-13-14(30-19)5-4-11-21(26)20-12-6-16(27-2)17(28-3)8-15(12)29-9-18(20)31-22(11)13/h4-6,8,18-20,25H,7,9-10H2,1-3H3. The monoisotopic (exact) mass is 446 g/mol. The quantitative estimate of drug-likeness (QED) is 0.722. The van der Waals surface area contributed by atoms with Gasteiger partial charge in [-0.05, 0) is 25.1 Å². The van der Waals surface area contributed by atoms with Gasteiger partial charge in [0.05, 0.1) is 32.3 Å². The van der Waals surface area contributed by atoms with Crippen LogP contribution in [0.1, 0.15) is 34.3 Å². The smallest absolute Gasteiger partial charge is 0.178 e. The van der Waals surface area contributed by atoms with Gasteiger partial charge in [-0.2, -0.15) is 0 Å². The van der Waals surface area contributed by atoms with Crippen molar-refractivity contribution in [2.45, 2.75) is 36.3 Å². The fourth-order valence-electron chi connectivity index (χ4n) is 4.50. The summed E-state index contributed by atoms with van der Waals surface area (Å²) in [7, 11) is 3.11. The van der Waals surface area contributed by atoms with Crippen molar-refractivity contribution in [2.24, 2.45) is 0 Å². The molecule has 0 spiro atoms. The number of rotatable bonds is 4. The minimum absolute atomic E-state index is 0.0370. The van der Waals surface area contributed by atoms with Gasteiger partial charge in [-0.1, -0.05) is 0 Å². The number of methoxy groups -OCH3 is 2. The van der Waals surface area contributed by atoms with Crippen molar-refractivity contribution in [1.29, 1.82) is 0 Å². The molecule has 8 heteroatoms. The summed E-state index contributed by atoms with van der Waals surface area (Å²) in [4.78, 5) is 12.7. The second-order valence-corrected chi connectivity index (χ2v) is 9.08. The third-order valence-corrected chi connectivity index (χ3v) is 6.66. The molecule has 0 bridgehead atoms. The van der Waals surface area contributed by atoms with Crippen LogP contribution >= 0.6 is 11.6 Å². The van der Waals surface area contributed by atoms with Gasteiger partial charge in [-0.3, -0.25) is 4.79 Å². The van der Waals surface area contributed by atoms with Gasteiger partial charge in [0.2, 0.25) is 0 Å². The highest BCUT2D eigenvalue weighted by molar-refractivity contribution is 6.24. The summed E-state index contributed by atoms with van der Waals surface area (Å²) in [6.07, 6.45) is -0.444. The molecule has 0 radical (unpaired) electrons. The first kappa shape index (κ1) is 20.3. The van der Waals surface area contributed by atoms with Gasteiger partial charge in [-0.15, -0.1) is 11.6 Å². The van der Waals surface area contributed by atoms with Crippen molar-refractivity contribution in [3.63, 3.8) is 0 Å². The molecule has 164 valence electrons. The molecule has 0 saturated carbocycles. The fourth-order valence-corrected chi connectivity index (χ4v) is 4.63. The summed E-state index contributed by atoms with van der Waals surface area (Å²) in [6.45, 7) is 1.74. The molecule has 4 unspecified atom stereocenters. The van der Waals surface area contributed by atoms with Gasteiger partial charge >= 0.3 is 0 Å². The molecule has 0 saturated heterocycles. The van der Waals surface area contributed by atoms with Gasteiger partial charge < -0.3 is 28.8 Å². The Morgan fingerprint density at radius 2 is 1.90 bits per heavy atom. The summed E-state index contributed by atoms with van der Waals surface area (Å²) in [5.41, 5.74) is 2.02. The van der Waals surface area contributed by atoms with Crippen LogP contribution < -0.4 is 23.7 Å². The third kappa shape index (κ3) is 3.02. The van der Waals surface area contributed by atoms with Gasteiger partial charge in [0.15, 0.2) is 17.3 Å². The average molecular weight is 447 g/mol. The van der Waals surface area contributed by atoms with Crippen LogP contribution in [0.2, 0.25) is 0 Å². The van der Waals surface area contributed by atoms with E-state index in [0.29, 0.717) is 46.3 Å². The topological polar surface area (TPSA) is 83.5 Å². The molecule has 4 atom stereocenters. The lowest BCUT2D eigenvalue weighted by Crippen LogP contribution is -2.43. The minimum atomic E-state index is -0.935. The Balaban J connectivity index is 1.55. The van der Waals surface area contributed by atoms with Crippen LogP contribution in [-0.2, 0) is 6.42 Å². The molecule has 0 aliphatic carbocycles. The maximum Gasteiger partial charge on any atom is 0.178 e. The van der Waals surface area contributed by atoms with Crippen LogP contribution in [0.15, 0.2) is 24.3 Å². The number of hydrogen-bond donors (Lipinski definition) is 1.